The van der Waals surface area contributed by atoms with Crippen LogP contribution in [0.2, 0.25) is 0 Å². The highest BCUT2D eigenvalue weighted by atomic mass is 16.7. The van der Waals surface area contributed by atoms with E-state index in [1.54, 1.807) is 0 Å². The number of β-amino-alcohol motifs (C(OH)–C–C–N with tert-alkyl or cyclic N) is 1. The fraction of sp³-hybridized carbons (Fsp3) is 0.909. The lowest BCUT2D eigenvalue weighted by Gasteiger charge is -2.40. The van der Waals surface area contributed by atoms with E-state index in [1.165, 1.54) is 6.92 Å². The topological polar surface area (TPSA) is 79.2 Å². The molecule has 0 saturated carbocycles. The summed E-state index contributed by atoms with van der Waals surface area (Å²) < 4.78 is 11.2. The molecule has 0 aliphatic carbocycles. The molecule has 2 heterocycles. The van der Waals surface area contributed by atoms with Gasteiger partial charge in [-0.3, -0.25) is 4.90 Å². The maximum absolute atomic E-state index is 10.9. The van der Waals surface area contributed by atoms with Crippen molar-refractivity contribution in [3.8, 4) is 0 Å². The monoisotopic (exact) mass is 245 g/mol. The summed E-state index contributed by atoms with van der Waals surface area (Å²) in [4.78, 5) is 12.8. The summed E-state index contributed by atoms with van der Waals surface area (Å²) >= 11 is 0. The van der Waals surface area contributed by atoms with Crippen molar-refractivity contribution in [3.63, 3.8) is 0 Å². The van der Waals surface area contributed by atoms with E-state index in [0.717, 1.165) is 19.4 Å². The molecule has 6 heteroatoms. The Balaban J connectivity index is 1.96. The molecule has 0 aromatic rings. The fourth-order valence-electron chi connectivity index (χ4n) is 2.44. The van der Waals surface area contributed by atoms with Crippen LogP contribution in [0.1, 0.15) is 19.8 Å². The van der Waals surface area contributed by atoms with Crippen LogP contribution >= 0.6 is 0 Å². The Morgan fingerprint density at radius 3 is 2.71 bits per heavy atom. The zero-order valence-corrected chi connectivity index (χ0v) is 10.0. The van der Waals surface area contributed by atoms with E-state index in [9.17, 15) is 9.90 Å². The molecular formula is C11H19NO5. The molecule has 98 valence electrons. The van der Waals surface area contributed by atoms with Gasteiger partial charge in [-0.25, -0.2) is 4.79 Å². The number of carboxylic acid groups (broad SMARTS) is 1. The van der Waals surface area contributed by atoms with Gasteiger partial charge < -0.3 is 19.7 Å². The van der Waals surface area contributed by atoms with Gasteiger partial charge in [0.25, 0.3) is 0 Å². The summed E-state index contributed by atoms with van der Waals surface area (Å²) in [6.45, 7) is 3.87. The third kappa shape index (κ3) is 2.77. The van der Waals surface area contributed by atoms with E-state index in [1.807, 2.05) is 4.90 Å². The molecule has 0 amide bonds. The molecule has 2 aliphatic rings. The van der Waals surface area contributed by atoms with Crippen molar-refractivity contribution in [2.75, 3.05) is 32.8 Å². The van der Waals surface area contributed by atoms with Crippen molar-refractivity contribution in [3.05, 3.63) is 0 Å². The number of carbonyl (C=O) groups is 1. The van der Waals surface area contributed by atoms with Crippen LogP contribution in [0, 0.1) is 0 Å². The fourth-order valence-corrected chi connectivity index (χ4v) is 2.44. The molecule has 0 bridgehead atoms. The largest absolute Gasteiger partial charge is 0.479 e. The SMILES string of the molecule is CC(O)(CN1CCCC2(C1)OCCO2)C(=O)O. The number of aliphatic carboxylic acids is 1. The molecule has 2 fully saturated rings. The van der Waals surface area contributed by atoms with Gasteiger partial charge in [0.15, 0.2) is 11.4 Å². The molecule has 2 aliphatic heterocycles. The first-order valence-corrected chi connectivity index (χ1v) is 5.90. The Morgan fingerprint density at radius 2 is 2.12 bits per heavy atom. The molecular weight excluding hydrogens is 226 g/mol. The van der Waals surface area contributed by atoms with Crippen LogP contribution in [0.25, 0.3) is 0 Å². The number of carboxylic acids is 1. The number of likely N-dealkylation sites (tertiary alicyclic amines) is 1. The van der Waals surface area contributed by atoms with E-state index in [0.29, 0.717) is 19.8 Å². The predicted molar refractivity (Wildman–Crippen MR) is 58.6 cm³/mol. The summed E-state index contributed by atoms with van der Waals surface area (Å²) in [7, 11) is 0. The third-order valence-corrected chi connectivity index (χ3v) is 3.30. The number of rotatable bonds is 3. The molecule has 2 N–H and O–H groups in total. The van der Waals surface area contributed by atoms with Gasteiger partial charge in [-0.15, -0.1) is 0 Å². The van der Waals surface area contributed by atoms with Gasteiger partial charge in [-0.05, 0) is 19.9 Å². The van der Waals surface area contributed by atoms with Crippen LogP contribution in [0.5, 0.6) is 0 Å². The summed E-state index contributed by atoms with van der Waals surface area (Å²) in [5, 5.41) is 18.6. The van der Waals surface area contributed by atoms with Crippen molar-refractivity contribution in [1.29, 1.82) is 0 Å². The molecule has 0 aromatic heterocycles. The van der Waals surface area contributed by atoms with Crippen molar-refractivity contribution >= 4 is 5.97 Å². The maximum atomic E-state index is 10.9. The summed E-state index contributed by atoms with van der Waals surface area (Å²) in [6.07, 6.45) is 1.72. The lowest BCUT2D eigenvalue weighted by Crippen LogP contribution is -2.54. The van der Waals surface area contributed by atoms with Gasteiger partial charge >= 0.3 is 5.97 Å². The first-order chi connectivity index (χ1) is 7.94. The molecule has 1 atom stereocenters. The quantitative estimate of drug-likeness (QED) is 0.708. The van der Waals surface area contributed by atoms with Crippen molar-refractivity contribution in [2.45, 2.75) is 31.2 Å². The molecule has 2 saturated heterocycles. The molecule has 0 aromatic carbocycles. The van der Waals surface area contributed by atoms with Crippen LogP contribution in [0.15, 0.2) is 0 Å². The Bertz CT molecular complexity index is 298. The van der Waals surface area contributed by atoms with Gasteiger partial charge in [-0.2, -0.15) is 0 Å². The number of hydrogen-bond donors (Lipinski definition) is 2. The Kier molecular flexibility index (Phi) is 3.40. The van der Waals surface area contributed by atoms with Gasteiger partial charge in [0.1, 0.15) is 0 Å². The number of piperidine rings is 1. The van der Waals surface area contributed by atoms with E-state index >= 15 is 0 Å². The molecule has 1 unspecified atom stereocenters. The normalized spacial score (nSPS) is 28.1. The van der Waals surface area contributed by atoms with Crippen LogP contribution in [0.3, 0.4) is 0 Å². The lowest BCUT2D eigenvalue weighted by molar-refractivity contribution is -0.196. The number of hydrogen-bond acceptors (Lipinski definition) is 5. The first kappa shape index (κ1) is 12.8. The Morgan fingerprint density at radius 1 is 1.47 bits per heavy atom. The van der Waals surface area contributed by atoms with E-state index < -0.39 is 17.4 Å². The average molecular weight is 245 g/mol. The smallest absolute Gasteiger partial charge is 0.336 e. The van der Waals surface area contributed by atoms with E-state index in [2.05, 4.69) is 0 Å². The molecule has 6 nitrogen and oxygen atoms in total. The summed E-state index contributed by atoms with van der Waals surface area (Å²) in [6, 6.07) is 0. The highest BCUT2D eigenvalue weighted by Crippen LogP contribution is 2.30. The predicted octanol–water partition coefficient (Wildman–Crippen LogP) is -0.339. The van der Waals surface area contributed by atoms with Crippen LogP contribution in [-0.2, 0) is 14.3 Å². The third-order valence-electron chi connectivity index (χ3n) is 3.30. The first-order valence-electron chi connectivity index (χ1n) is 5.90. The summed E-state index contributed by atoms with van der Waals surface area (Å²) in [5.74, 6) is -1.78. The zero-order chi connectivity index (χ0) is 12.5. The second-order valence-corrected chi connectivity index (χ2v) is 5.00. The van der Waals surface area contributed by atoms with Crippen LogP contribution in [0.4, 0.5) is 0 Å². The highest BCUT2D eigenvalue weighted by molar-refractivity contribution is 5.76. The average Bonchev–Trinajstić information content (AvgIpc) is 2.65. The lowest BCUT2D eigenvalue weighted by atomic mass is 10.0. The molecule has 2 rings (SSSR count). The van der Waals surface area contributed by atoms with Crippen molar-refractivity contribution in [2.24, 2.45) is 0 Å². The van der Waals surface area contributed by atoms with Gasteiger partial charge in [0, 0.05) is 13.0 Å². The second-order valence-electron chi connectivity index (χ2n) is 5.00. The van der Waals surface area contributed by atoms with Crippen LogP contribution in [-0.4, -0.2) is 65.3 Å². The maximum Gasteiger partial charge on any atom is 0.336 e. The molecule has 1 spiro atoms. The van der Waals surface area contributed by atoms with Crippen molar-refractivity contribution in [1.82, 2.24) is 4.90 Å². The van der Waals surface area contributed by atoms with Gasteiger partial charge in [-0.1, -0.05) is 0 Å². The molecule has 0 radical (unpaired) electrons. The summed E-state index contributed by atoms with van der Waals surface area (Å²) in [5.41, 5.74) is -1.73. The van der Waals surface area contributed by atoms with Gasteiger partial charge in [0.2, 0.25) is 0 Å². The minimum atomic E-state index is -1.73. The van der Waals surface area contributed by atoms with Crippen LogP contribution < -0.4 is 0 Å². The minimum absolute atomic E-state index is 0.0941. The van der Waals surface area contributed by atoms with Gasteiger partial charge in [0.05, 0.1) is 19.8 Å². The van der Waals surface area contributed by atoms with Crippen molar-refractivity contribution < 1.29 is 24.5 Å². The van der Waals surface area contributed by atoms with E-state index in [4.69, 9.17) is 14.6 Å². The highest BCUT2D eigenvalue weighted by Gasteiger charge is 2.43. The Labute approximate surface area is 100 Å². The number of nitrogens with zero attached hydrogens (tertiary/aromatic N) is 1. The van der Waals surface area contributed by atoms with E-state index in [-0.39, 0.29) is 6.54 Å². The second kappa shape index (κ2) is 4.53. The number of ether oxygens (including phenoxy) is 2. The standard InChI is InChI=1S/C11H19NO5/c1-10(15,9(13)14)7-12-4-2-3-11(8-12)16-5-6-17-11/h15H,2-8H2,1H3,(H,13,14). The Hall–Kier alpha value is -0.690. The molecule has 17 heavy (non-hydrogen) atoms. The minimum Gasteiger partial charge on any atom is -0.479 e. The number of aliphatic hydroxyl groups is 1. The zero-order valence-electron chi connectivity index (χ0n) is 10.0.